The number of nitrogens with two attached hydrogens (primary N) is 1. The quantitative estimate of drug-likeness (QED) is 0.920. The molecule has 1 heterocycles. The van der Waals surface area contributed by atoms with Crippen LogP contribution in [0.1, 0.15) is 30.5 Å². The Morgan fingerprint density at radius 3 is 2.30 bits per heavy atom. The highest BCUT2D eigenvalue weighted by atomic mass is 19.3. The molecule has 2 N–H and O–H groups in total. The second kappa shape index (κ2) is 6.61. The molecule has 1 aromatic rings. The second-order valence-electron chi connectivity index (χ2n) is 5.57. The van der Waals surface area contributed by atoms with E-state index < -0.39 is 6.43 Å². The first-order valence-electron chi connectivity index (χ1n) is 7.05. The van der Waals surface area contributed by atoms with E-state index in [4.69, 9.17) is 5.73 Å². The van der Waals surface area contributed by atoms with Gasteiger partial charge in [0.25, 0.3) is 6.43 Å². The largest absolute Gasteiger partial charge is 0.329 e. The predicted octanol–water partition coefficient (Wildman–Crippen LogP) is 2.26. The molecule has 0 aliphatic carbocycles. The highest BCUT2D eigenvalue weighted by Gasteiger charge is 2.28. The summed E-state index contributed by atoms with van der Waals surface area (Å²) in [7, 11) is 2.11. The lowest BCUT2D eigenvalue weighted by Gasteiger charge is -2.42. The SMILES string of the molecule is CC1CN(C)CCN1C(CN)c1ccc(C(F)F)cc1. The first-order valence-corrected chi connectivity index (χ1v) is 7.05. The van der Waals surface area contributed by atoms with E-state index in [9.17, 15) is 8.78 Å². The average molecular weight is 283 g/mol. The third-order valence-electron chi connectivity index (χ3n) is 4.08. The Bertz CT molecular complexity index is 422. The fraction of sp³-hybridized carbons (Fsp3) is 0.600. The molecule has 1 aliphatic heterocycles. The summed E-state index contributed by atoms with van der Waals surface area (Å²) in [5.74, 6) is 0. The Balaban J connectivity index is 2.15. The minimum absolute atomic E-state index is 0.0657. The Labute approximate surface area is 119 Å². The molecule has 0 amide bonds. The molecule has 2 atom stereocenters. The molecule has 0 saturated carbocycles. The number of hydrogen-bond acceptors (Lipinski definition) is 3. The summed E-state index contributed by atoms with van der Waals surface area (Å²) in [6, 6.07) is 7.09. The van der Waals surface area contributed by atoms with E-state index in [0.29, 0.717) is 12.6 Å². The number of benzene rings is 1. The molecule has 3 nitrogen and oxygen atoms in total. The van der Waals surface area contributed by atoms with E-state index in [0.717, 1.165) is 25.2 Å². The molecule has 20 heavy (non-hydrogen) atoms. The smallest absolute Gasteiger partial charge is 0.263 e. The van der Waals surface area contributed by atoms with Crippen molar-refractivity contribution in [2.24, 2.45) is 5.73 Å². The fourth-order valence-corrected chi connectivity index (χ4v) is 2.94. The first-order chi connectivity index (χ1) is 9.52. The summed E-state index contributed by atoms with van der Waals surface area (Å²) in [6.45, 7) is 5.66. The summed E-state index contributed by atoms with van der Waals surface area (Å²) in [4.78, 5) is 4.67. The van der Waals surface area contributed by atoms with Crippen LogP contribution in [0, 0.1) is 0 Å². The van der Waals surface area contributed by atoms with Crippen LogP contribution in [-0.2, 0) is 0 Å². The van der Waals surface area contributed by atoms with Gasteiger partial charge in [-0.2, -0.15) is 0 Å². The lowest BCUT2D eigenvalue weighted by atomic mass is 10.0. The molecule has 1 aromatic carbocycles. The first kappa shape index (κ1) is 15.4. The highest BCUT2D eigenvalue weighted by molar-refractivity contribution is 5.26. The van der Waals surface area contributed by atoms with Gasteiger partial charge >= 0.3 is 0 Å². The molecule has 1 aliphatic rings. The van der Waals surface area contributed by atoms with Gasteiger partial charge in [0.15, 0.2) is 0 Å². The molecule has 1 saturated heterocycles. The second-order valence-corrected chi connectivity index (χ2v) is 5.57. The van der Waals surface area contributed by atoms with Crippen LogP contribution in [-0.4, -0.2) is 49.1 Å². The number of likely N-dealkylation sites (N-methyl/N-ethyl adjacent to an activating group) is 1. The van der Waals surface area contributed by atoms with Gasteiger partial charge in [0.1, 0.15) is 0 Å². The van der Waals surface area contributed by atoms with Crippen LogP contribution < -0.4 is 5.73 Å². The lowest BCUT2D eigenvalue weighted by Crippen LogP contribution is -2.52. The van der Waals surface area contributed by atoms with Crippen molar-refractivity contribution in [3.8, 4) is 0 Å². The van der Waals surface area contributed by atoms with Crippen molar-refractivity contribution >= 4 is 0 Å². The van der Waals surface area contributed by atoms with Gasteiger partial charge in [-0.05, 0) is 19.5 Å². The minimum atomic E-state index is -2.41. The fourth-order valence-electron chi connectivity index (χ4n) is 2.94. The predicted molar refractivity (Wildman–Crippen MR) is 76.9 cm³/mol. The van der Waals surface area contributed by atoms with Crippen LogP contribution in [0.3, 0.4) is 0 Å². The number of piperazine rings is 1. The number of rotatable bonds is 4. The van der Waals surface area contributed by atoms with E-state index in [1.54, 1.807) is 12.1 Å². The van der Waals surface area contributed by atoms with E-state index >= 15 is 0 Å². The van der Waals surface area contributed by atoms with Crippen molar-refractivity contribution < 1.29 is 8.78 Å². The molecule has 5 heteroatoms. The van der Waals surface area contributed by atoms with Gasteiger partial charge in [-0.3, -0.25) is 4.90 Å². The maximum Gasteiger partial charge on any atom is 0.263 e. The summed E-state index contributed by atoms with van der Waals surface area (Å²) >= 11 is 0. The molecule has 1 fully saturated rings. The zero-order valence-corrected chi connectivity index (χ0v) is 12.1. The van der Waals surface area contributed by atoms with Crippen LogP contribution in [0.15, 0.2) is 24.3 Å². The normalized spacial score (nSPS) is 23.2. The van der Waals surface area contributed by atoms with Gasteiger partial charge in [0, 0.05) is 43.8 Å². The molecule has 2 unspecified atom stereocenters. The van der Waals surface area contributed by atoms with Crippen LogP contribution >= 0.6 is 0 Å². The molecule has 0 radical (unpaired) electrons. The molecule has 112 valence electrons. The van der Waals surface area contributed by atoms with Crippen molar-refractivity contribution in [1.29, 1.82) is 0 Å². The van der Waals surface area contributed by atoms with Crippen molar-refractivity contribution in [2.75, 3.05) is 33.2 Å². The average Bonchev–Trinajstić information content (AvgIpc) is 2.42. The molecule has 0 spiro atoms. The summed E-state index contributed by atoms with van der Waals surface area (Å²) in [6.07, 6.45) is -2.41. The van der Waals surface area contributed by atoms with E-state index in [-0.39, 0.29) is 11.6 Å². The van der Waals surface area contributed by atoms with E-state index in [1.165, 1.54) is 12.1 Å². The third kappa shape index (κ3) is 3.34. The number of halogens is 2. The standard InChI is InChI=1S/C15H23F2N3/c1-11-10-19(2)7-8-20(11)14(9-18)12-3-5-13(6-4-12)15(16)17/h3-6,11,14-15H,7-10,18H2,1-2H3. The maximum absolute atomic E-state index is 12.6. The molecular formula is C15H23F2N3. The van der Waals surface area contributed by atoms with Gasteiger partial charge in [-0.1, -0.05) is 24.3 Å². The topological polar surface area (TPSA) is 32.5 Å². The Hall–Kier alpha value is -1.04. The van der Waals surface area contributed by atoms with Crippen LogP contribution in [0.2, 0.25) is 0 Å². The van der Waals surface area contributed by atoms with Crippen LogP contribution in [0.4, 0.5) is 8.78 Å². The Morgan fingerprint density at radius 2 is 1.80 bits per heavy atom. The number of alkyl halides is 2. The maximum atomic E-state index is 12.6. The summed E-state index contributed by atoms with van der Waals surface area (Å²) in [5, 5.41) is 0. The number of hydrogen-bond donors (Lipinski definition) is 1. The van der Waals surface area contributed by atoms with Crippen LogP contribution in [0.25, 0.3) is 0 Å². The van der Waals surface area contributed by atoms with Gasteiger partial charge in [-0.15, -0.1) is 0 Å². The third-order valence-corrected chi connectivity index (χ3v) is 4.08. The monoisotopic (exact) mass is 283 g/mol. The van der Waals surface area contributed by atoms with Crippen molar-refractivity contribution in [1.82, 2.24) is 9.80 Å². The van der Waals surface area contributed by atoms with Gasteiger partial charge < -0.3 is 10.6 Å². The lowest BCUT2D eigenvalue weighted by molar-refractivity contribution is 0.0635. The van der Waals surface area contributed by atoms with Gasteiger partial charge in [0.05, 0.1) is 0 Å². The van der Waals surface area contributed by atoms with Gasteiger partial charge in [0.2, 0.25) is 0 Å². The van der Waals surface area contributed by atoms with E-state index in [2.05, 4.69) is 23.8 Å². The molecule has 0 bridgehead atoms. The zero-order valence-electron chi connectivity index (χ0n) is 12.1. The molecule has 2 rings (SSSR count). The highest BCUT2D eigenvalue weighted by Crippen LogP contribution is 2.26. The Kier molecular flexibility index (Phi) is 5.07. The van der Waals surface area contributed by atoms with Crippen molar-refractivity contribution in [2.45, 2.75) is 25.4 Å². The van der Waals surface area contributed by atoms with Crippen molar-refractivity contribution in [3.63, 3.8) is 0 Å². The summed E-state index contributed by atoms with van der Waals surface area (Å²) < 4.78 is 25.2. The van der Waals surface area contributed by atoms with Gasteiger partial charge in [-0.25, -0.2) is 8.78 Å². The number of nitrogens with zero attached hydrogens (tertiary/aromatic N) is 2. The van der Waals surface area contributed by atoms with Crippen LogP contribution in [0.5, 0.6) is 0 Å². The summed E-state index contributed by atoms with van der Waals surface area (Å²) in [5.41, 5.74) is 7.01. The molecule has 0 aromatic heterocycles. The zero-order chi connectivity index (χ0) is 14.7. The minimum Gasteiger partial charge on any atom is -0.329 e. The van der Waals surface area contributed by atoms with Crippen molar-refractivity contribution in [3.05, 3.63) is 35.4 Å². The molecular weight excluding hydrogens is 260 g/mol. The van der Waals surface area contributed by atoms with E-state index in [1.807, 2.05) is 0 Å². The Morgan fingerprint density at radius 1 is 1.20 bits per heavy atom.